The fourth-order valence-electron chi connectivity index (χ4n) is 4.22. The highest BCUT2D eigenvalue weighted by Gasteiger charge is 2.42. The van der Waals surface area contributed by atoms with Crippen molar-refractivity contribution in [2.75, 3.05) is 0 Å². The summed E-state index contributed by atoms with van der Waals surface area (Å²) < 4.78 is 13.4. The van der Waals surface area contributed by atoms with Gasteiger partial charge in [0.15, 0.2) is 0 Å². The molecule has 138 valence electrons. The third-order valence-corrected chi connectivity index (χ3v) is 5.50. The van der Waals surface area contributed by atoms with Crippen molar-refractivity contribution in [1.82, 2.24) is 10.3 Å². The van der Waals surface area contributed by atoms with E-state index in [1.807, 2.05) is 6.20 Å². The largest absolute Gasteiger partial charge is 0.375 e. The smallest absolute Gasteiger partial charge is 0.125 e. The molecule has 3 aromatic rings. The molecule has 1 atom stereocenters. The average molecular weight is 360 g/mol. The molecular weight excluding hydrogens is 335 g/mol. The predicted octanol–water partition coefficient (Wildman–Crippen LogP) is 5.74. The quantitative estimate of drug-likeness (QED) is 0.628. The van der Waals surface area contributed by atoms with Crippen LogP contribution in [0.25, 0.3) is 16.6 Å². The van der Waals surface area contributed by atoms with Crippen molar-refractivity contribution in [1.29, 1.82) is 0 Å². The van der Waals surface area contributed by atoms with Crippen LogP contribution in [-0.4, -0.2) is 10.5 Å². The summed E-state index contributed by atoms with van der Waals surface area (Å²) in [6, 6.07) is 17.5. The molecule has 4 rings (SSSR count). The minimum absolute atomic E-state index is 0.0113. The summed E-state index contributed by atoms with van der Waals surface area (Å²) in [6.07, 6.45) is 3.91. The fraction of sp³-hybridized carbons (Fsp3) is 0.292. The second-order valence-electron chi connectivity index (χ2n) is 8.03. The summed E-state index contributed by atoms with van der Waals surface area (Å²) >= 11 is 0. The zero-order valence-electron chi connectivity index (χ0n) is 16.1. The summed E-state index contributed by atoms with van der Waals surface area (Å²) in [4.78, 5) is 4.46. The molecule has 0 radical (unpaired) electrons. The van der Waals surface area contributed by atoms with E-state index in [4.69, 9.17) is 0 Å². The topological polar surface area (TPSA) is 24.9 Å². The van der Waals surface area contributed by atoms with Crippen LogP contribution in [0.3, 0.4) is 0 Å². The molecule has 0 bridgehead atoms. The fourth-order valence-corrected chi connectivity index (χ4v) is 4.22. The maximum Gasteiger partial charge on any atom is 0.125 e. The van der Waals surface area contributed by atoms with E-state index >= 15 is 0 Å². The Kier molecular flexibility index (Phi) is 4.47. The molecule has 0 amide bonds. The third kappa shape index (κ3) is 3.34. The Bertz CT molecular complexity index is 1010. The molecule has 1 N–H and O–H groups in total. The van der Waals surface area contributed by atoms with Crippen molar-refractivity contribution in [2.45, 2.75) is 39.2 Å². The van der Waals surface area contributed by atoms with Gasteiger partial charge in [0.1, 0.15) is 5.82 Å². The van der Waals surface area contributed by atoms with Crippen molar-refractivity contribution in [2.24, 2.45) is 5.92 Å². The van der Waals surface area contributed by atoms with Gasteiger partial charge in [-0.1, -0.05) is 44.2 Å². The second-order valence-corrected chi connectivity index (χ2v) is 8.03. The molecule has 3 heteroatoms. The SMILES string of the molecule is CC1=C(c2cnc3cc(F)ccc3c2)NC1(Cc1ccccc1)CC(C)C. The number of rotatable bonds is 5. The molecule has 27 heavy (non-hydrogen) atoms. The first-order chi connectivity index (χ1) is 13.0. The van der Waals surface area contributed by atoms with E-state index in [9.17, 15) is 4.39 Å². The van der Waals surface area contributed by atoms with Gasteiger partial charge >= 0.3 is 0 Å². The molecule has 0 fully saturated rings. The summed E-state index contributed by atoms with van der Waals surface area (Å²) in [5.41, 5.74) is 5.63. The molecule has 1 aliphatic rings. The van der Waals surface area contributed by atoms with E-state index in [2.05, 4.69) is 67.5 Å². The van der Waals surface area contributed by atoms with Crippen LogP contribution in [0.15, 0.2) is 66.4 Å². The van der Waals surface area contributed by atoms with E-state index in [-0.39, 0.29) is 11.4 Å². The Morgan fingerprint density at radius 1 is 1.07 bits per heavy atom. The van der Waals surface area contributed by atoms with Crippen LogP contribution in [0.2, 0.25) is 0 Å². The number of nitrogens with one attached hydrogen (secondary N) is 1. The van der Waals surface area contributed by atoms with E-state index < -0.39 is 0 Å². The molecule has 2 heterocycles. The van der Waals surface area contributed by atoms with Gasteiger partial charge < -0.3 is 5.32 Å². The lowest BCUT2D eigenvalue weighted by Crippen LogP contribution is -2.56. The highest BCUT2D eigenvalue weighted by Crippen LogP contribution is 2.42. The number of nitrogens with zero attached hydrogens (tertiary/aromatic N) is 1. The zero-order valence-corrected chi connectivity index (χ0v) is 16.1. The van der Waals surface area contributed by atoms with Crippen LogP contribution >= 0.6 is 0 Å². The molecule has 0 aliphatic carbocycles. The summed E-state index contributed by atoms with van der Waals surface area (Å²) in [7, 11) is 0. The summed E-state index contributed by atoms with van der Waals surface area (Å²) in [5.74, 6) is 0.342. The van der Waals surface area contributed by atoms with Gasteiger partial charge in [-0.2, -0.15) is 0 Å². The minimum Gasteiger partial charge on any atom is -0.375 e. The van der Waals surface area contributed by atoms with E-state index in [1.165, 1.54) is 23.3 Å². The molecule has 1 aliphatic heterocycles. The van der Waals surface area contributed by atoms with Gasteiger partial charge in [-0.3, -0.25) is 4.98 Å². The Morgan fingerprint density at radius 3 is 2.56 bits per heavy atom. The van der Waals surface area contributed by atoms with Crippen molar-refractivity contribution >= 4 is 16.6 Å². The molecule has 2 nitrogen and oxygen atoms in total. The number of pyridine rings is 1. The van der Waals surface area contributed by atoms with Crippen LogP contribution in [0.1, 0.15) is 38.3 Å². The van der Waals surface area contributed by atoms with Crippen molar-refractivity contribution in [3.63, 3.8) is 0 Å². The lowest BCUT2D eigenvalue weighted by Gasteiger charge is -2.48. The van der Waals surface area contributed by atoms with Crippen LogP contribution in [-0.2, 0) is 6.42 Å². The number of benzene rings is 2. The van der Waals surface area contributed by atoms with Crippen molar-refractivity contribution in [3.05, 3.63) is 83.3 Å². The molecule has 0 spiro atoms. The number of aromatic nitrogens is 1. The Labute approximate surface area is 160 Å². The van der Waals surface area contributed by atoms with E-state index in [0.717, 1.165) is 29.5 Å². The molecule has 0 saturated carbocycles. The monoisotopic (exact) mass is 360 g/mol. The van der Waals surface area contributed by atoms with Crippen molar-refractivity contribution in [3.8, 4) is 0 Å². The van der Waals surface area contributed by atoms with Gasteiger partial charge in [-0.15, -0.1) is 0 Å². The second kappa shape index (κ2) is 6.80. The van der Waals surface area contributed by atoms with Gasteiger partial charge in [0.05, 0.1) is 11.1 Å². The maximum absolute atomic E-state index is 13.4. The summed E-state index contributed by atoms with van der Waals surface area (Å²) in [5, 5.41) is 4.74. The van der Waals surface area contributed by atoms with Gasteiger partial charge in [0.2, 0.25) is 0 Å². The zero-order chi connectivity index (χ0) is 19.0. The third-order valence-electron chi connectivity index (χ3n) is 5.50. The maximum atomic E-state index is 13.4. The van der Waals surface area contributed by atoms with E-state index in [0.29, 0.717) is 11.4 Å². The molecule has 0 saturated heterocycles. The number of hydrogen-bond donors (Lipinski definition) is 1. The lowest BCUT2D eigenvalue weighted by atomic mass is 9.71. The highest BCUT2D eigenvalue weighted by molar-refractivity contribution is 5.85. The minimum atomic E-state index is -0.251. The van der Waals surface area contributed by atoms with Gasteiger partial charge in [0.25, 0.3) is 0 Å². The van der Waals surface area contributed by atoms with Crippen LogP contribution in [0, 0.1) is 11.7 Å². The molecule has 2 aromatic carbocycles. The van der Waals surface area contributed by atoms with Gasteiger partial charge in [-0.25, -0.2) is 4.39 Å². The Balaban J connectivity index is 1.70. The Hall–Kier alpha value is -2.68. The predicted molar refractivity (Wildman–Crippen MR) is 110 cm³/mol. The highest BCUT2D eigenvalue weighted by atomic mass is 19.1. The van der Waals surface area contributed by atoms with Crippen LogP contribution < -0.4 is 5.32 Å². The standard InChI is InChI=1S/C24H25FN2/c1-16(2)13-24(14-18-7-5-4-6-8-18)17(3)23(27-24)20-11-19-9-10-21(25)12-22(19)26-15-20/h4-12,15-16,27H,13-14H2,1-3H3. The van der Waals surface area contributed by atoms with Gasteiger partial charge in [-0.05, 0) is 55.0 Å². The van der Waals surface area contributed by atoms with Crippen LogP contribution in [0.5, 0.6) is 0 Å². The number of halogens is 1. The number of fused-ring (bicyclic) bond motifs is 1. The normalized spacial score (nSPS) is 19.3. The summed E-state index contributed by atoms with van der Waals surface area (Å²) in [6.45, 7) is 6.77. The molecular formula is C24H25FN2. The average Bonchev–Trinajstić information content (AvgIpc) is 2.65. The lowest BCUT2D eigenvalue weighted by molar-refractivity contribution is 0.318. The molecule has 1 aromatic heterocycles. The molecule has 1 unspecified atom stereocenters. The first-order valence-corrected chi connectivity index (χ1v) is 9.56. The first kappa shape index (κ1) is 17.7. The van der Waals surface area contributed by atoms with Crippen LogP contribution in [0.4, 0.5) is 4.39 Å². The Morgan fingerprint density at radius 2 is 1.85 bits per heavy atom. The van der Waals surface area contributed by atoms with Crippen molar-refractivity contribution < 1.29 is 4.39 Å². The first-order valence-electron chi connectivity index (χ1n) is 9.56. The van der Waals surface area contributed by atoms with Gasteiger partial charge in [0, 0.05) is 28.9 Å². The van der Waals surface area contributed by atoms with E-state index in [1.54, 1.807) is 6.07 Å². The number of hydrogen-bond acceptors (Lipinski definition) is 2.